The van der Waals surface area contributed by atoms with E-state index < -0.39 is 0 Å². The summed E-state index contributed by atoms with van der Waals surface area (Å²) in [5.41, 5.74) is 3.58. The van der Waals surface area contributed by atoms with Gasteiger partial charge in [0, 0.05) is 16.9 Å². The van der Waals surface area contributed by atoms with Crippen LogP contribution < -0.4 is 5.32 Å². The quantitative estimate of drug-likeness (QED) is 0.712. The Morgan fingerprint density at radius 1 is 1.04 bits per heavy atom. The second kappa shape index (κ2) is 6.28. The number of Topliss-reactive ketones (excluding diaryl/α,β-unsaturated/α-hetero) is 1. The minimum absolute atomic E-state index is 0.0519. The predicted molar refractivity (Wildman–Crippen MR) is 95.0 cm³/mol. The molecule has 0 radical (unpaired) electrons. The molecular weight excluding hydrogens is 302 g/mol. The van der Waals surface area contributed by atoms with E-state index in [1.165, 1.54) is 0 Å². The largest absolute Gasteiger partial charge is 0.308 e. The second-order valence-electron chi connectivity index (χ2n) is 6.11. The van der Waals surface area contributed by atoms with E-state index in [9.17, 15) is 9.59 Å². The Kier molecular flexibility index (Phi) is 4.16. The number of nitrogens with one attached hydrogen (secondary N) is 2. The van der Waals surface area contributed by atoms with E-state index in [2.05, 4.69) is 15.5 Å². The molecule has 122 valence electrons. The molecule has 0 unspecified atom stereocenters. The number of fused-ring (bicyclic) bond motifs is 1. The summed E-state index contributed by atoms with van der Waals surface area (Å²) >= 11 is 0. The number of aromatic amines is 1. The van der Waals surface area contributed by atoms with Crippen LogP contribution in [0.5, 0.6) is 0 Å². The van der Waals surface area contributed by atoms with Gasteiger partial charge in [0.15, 0.2) is 11.6 Å². The van der Waals surface area contributed by atoms with Crippen molar-refractivity contribution in [3.8, 4) is 11.1 Å². The third-order valence-electron chi connectivity index (χ3n) is 3.95. The maximum Gasteiger partial charge on any atom is 0.228 e. The molecule has 0 spiro atoms. The maximum atomic E-state index is 11.8. The predicted octanol–water partition coefficient (Wildman–Crippen LogP) is 4.03. The van der Waals surface area contributed by atoms with E-state index in [1.54, 1.807) is 6.92 Å². The number of amides is 1. The molecule has 0 aliphatic carbocycles. The van der Waals surface area contributed by atoms with Gasteiger partial charge in [0.1, 0.15) is 0 Å². The molecule has 24 heavy (non-hydrogen) atoms. The first kappa shape index (κ1) is 15.9. The highest BCUT2D eigenvalue weighted by atomic mass is 16.2. The lowest BCUT2D eigenvalue weighted by molar-refractivity contribution is -0.118. The number of benzene rings is 2. The highest BCUT2D eigenvalue weighted by molar-refractivity contribution is 6.01. The number of carbonyl (C=O) groups is 2. The van der Waals surface area contributed by atoms with Crippen LogP contribution in [-0.2, 0) is 4.79 Å². The number of H-pyrrole nitrogens is 1. The number of hydrogen-bond acceptors (Lipinski definition) is 3. The molecule has 3 rings (SSSR count). The Morgan fingerprint density at radius 2 is 1.71 bits per heavy atom. The lowest BCUT2D eigenvalue weighted by Crippen LogP contribution is -2.18. The summed E-state index contributed by atoms with van der Waals surface area (Å²) in [4.78, 5) is 23.2. The minimum Gasteiger partial charge on any atom is -0.308 e. The summed E-state index contributed by atoms with van der Waals surface area (Å²) in [6, 6.07) is 13.4. The SMILES string of the molecule is CC(=O)c1ccc(-c2ccc3c(NC(=O)C(C)C)n[nH]c3c2)cc1. The molecule has 1 heterocycles. The van der Waals surface area contributed by atoms with E-state index >= 15 is 0 Å². The van der Waals surface area contributed by atoms with Crippen molar-refractivity contribution in [2.45, 2.75) is 20.8 Å². The molecule has 0 fully saturated rings. The van der Waals surface area contributed by atoms with Gasteiger partial charge in [0.2, 0.25) is 5.91 Å². The fourth-order valence-electron chi connectivity index (χ4n) is 2.45. The van der Waals surface area contributed by atoms with Crippen molar-refractivity contribution >= 4 is 28.4 Å². The normalized spacial score (nSPS) is 11.0. The molecule has 2 N–H and O–H groups in total. The molecule has 3 aromatic rings. The first-order valence-corrected chi connectivity index (χ1v) is 7.86. The van der Waals surface area contributed by atoms with Crippen LogP contribution in [0.15, 0.2) is 42.5 Å². The summed E-state index contributed by atoms with van der Waals surface area (Å²) in [6.45, 7) is 5.23. The zero-order valence-electron chi connectivity index (χ0n) is 13.9. The Bertz CT molecular complexity index is 908. The number of aromatic nitrogens is 2. The van der Waals surface area contributed by atoms with Gasteiger partial charge in [0.05, 0.1) is 5.52 Å². The van der Waals surface area contributed by atoms with Crippen LogP contribution in [0, 0.1) is 5.92 Å². The Labute approximate surface area is 140 Å². The summed E-state index contributed by atoms with van der Waals surface area (Å²) in [7, 11) is 0. The summed E-state index contributed by atoms with van der Waals surface area (Å²) in [5, 5.41) is 10.8. The number of nitrogens with zero attached hydrogens (tertiary/aromatic N) is 1. The van der Waals surface area contributed by atoms with Gasteiger partial charge in [0.25, 0.3) is 0 Å². The van der Waals surface area contributed by atoms with Crippen molar-refractivity contribution in [2.75, 3.05) is 5.32 Å². The lowest BCUT2D eigenvalue weighted by Gasteiger charge is -2.06. The van der Waals surface area contributed by atoms with Gasteiger partial charge in [-0.2, -0.15) is 5.10 Å². The van der Waals surface area contributed by atoms with Gasteiger partial charge in [-0.3, -0.25) is 14.7 Å². The van der Waals surface area contributed by atoms with Crippen LogP contribution in [-0.4, -0.2) is 21.9 Å². The number of hydrogen-bond donors (Lipinski definition) is 2. The highest BCUT2D eigenvalue weighted by Crippen LogP contribution is 2.27. The Morgan fingerprint density at radius 3 is 2.33 bits per heavy atom. The third-order valence-corrected chi connectivity index (χ3v) is 3.95. The van der Waals surface area contributed by atoms with Crippen molar-refractivity contribution in [2.24, 2.45) is 5.92 Å². The standard InChI is InChI=1S/C19H19N3O2/c1-11(2)19(24)20-18-16-9-8-15(10-17(16)21-22-18)14-6-4-13(5-7-14)12(3)23/h4-11H,1-3H3,(H2,20,21,22,24). The van der Waals surface area contributed by atoms with Crippen LogP contribution in [0.4, 0.5) is 5.82 Å². The molecule has 1 aromatic heterocycles. The van der Waals surface area contributed by atoms with Gasteiger partial charge in [-0.05, 0) is 30.2 Å². The van der Waals surface area contributed by atoms with Crippen LogP contribution in [0.1, 0.15) is 31.1 Å². The molecule has 5 heteroatoms. The van der Waals surface area contributed by atoms with E-state index in [-0.39, 0.29) is 17.6 Å². The average molecular weight is 321 g/mol. The Balaban J connectivity index is 1.92. The average Bonchev–Trinajstić information content (AvgIpc) is 2.97. The molecule has 0 aliphatic heterocycles. The molecule has 0 bridgehead atoms. The van der Waals surface area contributed by atoms with Crippen molar-refractivity contribution in [3.63, 3.8) is 0 Å². The van der Waals surface area contributed by atoms with E-state index in [4.69, 9.17) is 0 Å². The van der Waals surface area contributed by atoms with Crippen molar-refractivity contribution in [1.82, 2.24) is 10.2 Å². The van der Waals surface area contributed by atoms with Crippen molar-refractivity contribution in [1.29, 1.82) is 0 Å². The van der Waals surface area contributed by atoms with Crippen molar-refractivity contribution in [3.05, 3.63) is 48.0 Å². The summed E-state index contributed by atoms with van der Waals surface area (Å²) in [5.74, 6) is 0.432. The molecule has 5 nitrogen and oxygen atoms in total. The van der Waals surface area contributed by atoms with Gasteiger partial charge in [-0.25, -0.2) is 0 Å². The summed E-state index contributed by atoms with van der Waals surface area (Å²) < 4.78 is 0. The summed E-state index contributed by atoms with van der Waals surface area (Å²) in [6.07, 6.45) is 0. The number of ketones is 1. The smallest absolute Gasteiger partial charge is 0.228 e. The van der Waals surface area contributed by atoms with Gasteiger partial charge in [-0.1, -0.05) is 44.2 Å². The van der Waals surface area contributed by atoms with E-state index in [0.29, 0.717) is 11.4 Å². The zero-order chi connectivity index (χ0) is 17.3. The van der Waals surface area contributed by atoms with Crippen LogP contribution in [0.2, 0.25) is 0 Å². The Hall–Kier alpha value is -2.95. The molecule has 0 aliphatic rings. The van der Waals surface area contributed by atoms with Gasteiger partial charge >= 0.3 is 0 Å². The maximum absolute atomic E-state index is 11.8. The molecular formula is C19H19N3O2. The molecule has 0 saturated heterocycles. The molecule has 0 saturated carbocycles. The van der Waals surface area contributed by atoms with Gasteiger partial charge in [-0.15, -0.1) is 0 Å². The third kappa shape index (κ3) is 3.06. The van der Waals surface area contributed by atoms with E-state index in [1.807, 2.05) is 56.3 Å². The zero-order valence-corrected chi connectivity index (χ0v) is 13.9. The molecule has 1 amide bonds. The van der Waals surface area contributed by atoms with Crippen LogP contribution >= 0.6 is 0 Å². The monoisotopic (exact) mass is 321 g/mol. The van der Waals surface area contributed by atoms with Crippen LogP contribution in [0.25, 0.3) is 22.0 Å². The number of anilines is 1. The number of rotatable bonds is 4. The fraction of sp³-hybridized carbons (Fsp3) is 0.211. The second-order valence-corrected chi connectivity index (χ2v) is 6.11. The first-order valence-electron chi connectivity index (χ1n) is 7.86. The molecule has 0 atom stereocenters. The minimum atomic E-state index is -0.101. The van der Waals surface area contributed by atoms with Crippen LogP contribution in [0.3, 0.4) is 0 Å². The van der Waals surface area contributed by atoms with E-state index in [0.717, 1.165) is 22.0 Å². The first-order chi connectivity index (χ1) is 11.5. The van der Waals surface area contributed by atoms with Gasteiger partial charge < -0.3 is 5.32 Å². The number of carbonyl (C=O) groups excluding carboxylic acids is 2. The fourth-order valence-corrected chi connectivity index (χ4v) is 2.45. The highest BCUT2D eigenvalue weighted by Gasteiger charge is 2.12. The topological polar surface area (TPSA) is 74.8 Å². The van der Waals surface area contributed by atoms with Crippen molar-refractivity contribution < 1.29 is 9.59 Å². The molecule has 2 aromatic carbocycles. The lowest BCUT2D eigenvalue weighted by atomic mass is 10.0.